The van der Waals surface area contributed by atoms with Crippen LogP contribution in [-0.4, -0.2) is 38.7 Å². The lowest BCUT2D eigenvalue weighted by atomic mass is 9.82. The number of carbonyl (C=O) groups is 3. The Morgan fingerprint density at radius 2 is 1.84 bits per heavy atom. The summed E-state index contributed by atoms with van der Waals surface area (Å²) in [7, 11) is 0. The minimum absolute atomic E-state index is 0.0122. The molecule has 0 unspecified atom stereocenters. The Labute approximate surface area is 221 Å². The highest BCUT2D eigenvalue weighted by Gasteiger charge is 2.33. The Morgan fingerprint density at radius 3 is 2.41 bits per heavy atom. The fourth-order valence-corrected chi connectivity index (χ4v) is 5.78. The highest BCUT2D eigenvalue weighted by atomic mass is 32.1. The van der Waals surface area contributed by atoms with Crippen LogP contribution in [0.3, 0.4) is 0 Å². The maximum Gasteiger partial charge on any atom is 0.348 e. The van der Waals surface area contributed by atoms with Crippen LogP contribution < -0.4 is 10.2 Å². The SMILES string of the molecule is CCn1cc(C(=O)Nc2ccc(-c3cc(N(C(=O)[C@H]4CC[C@H](C)CC4)C(C)C)c(C(=O)O)s3)cc2)cn1. The molecule has 37 heavy (non-hydrogen) atoms. The largest absolute Gasteiger partial charge is 0.477 e. The number of benzene rings is 1. The summed E-state index contributed by atoms with van der Waals surface area (Å²) >= 11 is 1.16. The van der Waals surface area contributed by atoms with Crippen LogP contribution in [0.5, 0.6) is 0 Å². The average Bonchev–Trinajstić information content (AvgIpc) is 3.53. The van der Waals surface area contributed by atoms with E-state index in [-0.39, 0.29) is 28.7 Å². The number of carbonyl (C=O) groups excluding carboxylic acids is 2. The van der Waals surface area contributed by atoms with E-state index in [9.17, 15) is 19.5 Å². The molecule has 2 heterocycles. The summed E-state index contributed by atoms with van der Waals surface area (Å²) in [6.45, 7) is 8.70. The fourth-order valence-electron chi connectivity index (χ4n) is 4.79. The van der Waals surface area contributed by atoms with Crippen molar-refractivity contribution in [2.45, 2.75) is 66.0 Å². The maximum absolute atomic E-state index is 13.5. The number of nitrogens with zero attached hydrogens (tertiary/aromatic N) is 3. The second-order valence-corrected chi connectivity index (χ2v) is 11.1. The lowest BCUT2D eigenvalue weighted by molar-refractivity contribution is -0.123. The fraction of sp³-hybridized carbons (Fsp3) is 0.429. The van der Waals surface area contributed by atoms with Gasteiger partial charge >= 0.3 is 5.97 Å². The van der Waals surface area contributed by atoms with E-state index in [4.69, 9.17) is 0 Å². The van der Waals surface area contributed by atoms with E-state index in [1.807, 2.05) is 39.0 Å². The second-order valence-electron chi connectivity index (χ2n) is 10.0. The van der Waals surface area contributed by atoms with Crippen LogP contribution in [0.15, 0.2) is 42.7 Å². The lowest BCUT2D eigenvalue weighted by Gasteiger charge is -2.33. The minimum atomic E-state index is -1.04. The molecular formula is C28H34N4O4S. The quantitative estimate of drug-likeness (QED) is 0.369. The summed E-state index contributed by atoms with van der Waals surface area (Å²) in [5, 5.41) is 17.0. The number of carboxylic acid groups (broad SMARTS) is 1. The number of anilines is 2. The minimum Gasteiger partial charge on any atom is -0.477 e. The highest BCUT2D eigenvalue weighted by molar-refractivity contribution is 7.18. The first-order valence-electron chi connectivity index (χ1n) is 12.8. The number of hydrogen-bond donors (Lipinski definition) is 2. The van der Waals surface area contributed by atoms with Crippen LogP contribution in [0.2, 0.25) is 0 Å². The second kappa shape index (κ2) is 11.3. The molecule has 1 aliphatic carbocycles. The van der Waals surface area contributed by atoms with Gasteiger partial charge in [0.15, 0.2) is 0 Å². The highest BCUT2D eigenvalue weighted by Crippen LogP contribution is 2.40. The van der Waals surface area contributed by atoms with Crippen molar-refractivity contribution in [2.75, 3.05) is 10.2 Å². The molecular weight excluding hydrogens is 488 g/mol. The molecule has 0 saturated heterocycles. The van der Waals surface area contributed by atoms with Crippen molar-refractivity contribution in [3.63, 3.8) is 0 Å². The number of amides is 2. The Kier molecular flexibility index (Phi) is 8.12. The molecule has 0 bridgehead atoms. The number of thiophene rings is 1. The standard InChI is InChI=1S/C28H34N4O4S/c1-5-31-16-21(15-29-31)26(33)30-22-12-10-19(11-13-22)24-14-23(25(37-24)28(35)36)32(17(2)3)27(34)20-8-6-18(4)7-9-20/h10-18,20H,5-9H2,1-4H3,(H,30,33)(H,35,36)/t18-,20-. The van der Waals surface area contributed by atoms with Crippen LogP contribution in [0.25, 0.3) is 10.4 Å². The number of aromatic nitrogens is 2. The number of nitrogens with one attached hydrogen (secondary N) is 1. The molecule has 8 nitrogen and oxygen atoms in total. The van der Waals surface area contributed by atoms with E-state index in [1.54, 1.807) is 27.9 Å². The first-order chi connectivity index (χ1) is 17.7. The summed E-state index contributed by atoms with van der Waals surface area (Å²) in [6.07, 6.45) is 6.95. The number of hydrogen-bond acceptors (Lipinski definition) is 5. The molecule has 9 heteroatoms. The third-order valence-electron chi connectivity index (χ3n) is 6.93. The van der Waals surface area contributed by atoms with E-state index in [2.05, 4.69) is 17.3 Å². The Bertz CT molecular complexity index is 1270. The van der Waals surface area contributed by atoms with Crippen LogP contribution in [0, 0.1) is 11.8 Å². The molecule has 0 atom stereocenters. The Balaban J connectivity index is 1.57. The predicted molar refractivity (Wildman–Crippen MR) is 146 cm³/mol. The molecule has 4 rings (SSSR count). The van der Waals surface area contributed by atoms with Gasteiger partial charge in [-0.05, 0) is 76.1 Å². The zero-order valence-corrected chi connectivity index (χ0v) is 22.5. The maximum atomic E-state index is 13.5. The van der Waals surface area contributed by atoms with Crippen LogP contribution in [0.4, 0.5) is 11.4 Å². The van der Waals surface area contributed by atoms with Gasteiger partial charge in [0.2, 0.25) is 5.91 Å². The van der Waals surface area contributed by atoms with Gasteiger partial charge < -0.3 is 15.3 Å². The lowest BCUT2D eigenvalue weighted by Crippen LogP contribution is -2.42. The van der Waals surface area contributed by atoms with Gasteiger partial charge in [0.1, 0.15) is 4.88 Å². The first-order valence-corrected chi connectivity index (χ1v) is 13.6. The molecule has 0 aliphatic heterocycles. The molecule has 3 aromatic rings. The van der Waals surface area contributed by atoms with Crippen molar-refractivity contribution in [3.8, 4) is 10.4 Å². The van der Waals surface area contributed by atoms with Crippen molar-refractivity contribution in [3.05, 3.63) is 53.2 Å². The molecule has 0 spiro atoms. The molecule has 1 aliphatic rings. The summed E-state index contributed by atoms with van der Waals surface area (Å²) in [5.74, 6) is -0.726. The van der Waals surface area contributed by atoms with Crippen LogP contribution >= 0.6 is 11.3 Å². The van der Waals surface area contributed by atoms with Crippen LogP contribution in [0.1, 0.15) is 73.4 Å². The third kappa shape index (κ3) is 5.93. The van der Waals surface area contributed by atoms with Gasteiger partial charge in [0.25, 0.3) is 5.91 Å². The van der Waals surface area contributed by atoms with Gasteiger partial charge in [-0.15, -0.1) is 11.3 Å². The van der Waals surface area contributed by atoms with E-state index < -0.39 is 5.97 Å². The van der Waals surface area contributed by atoms with Gasteiger partial charge in [-0.2, -0.15) is 5.10 Å². The monoisotopic (exact) mass is 522 g/mol. The zero-order valence-electron chi connectivity index (χ0n) is 21.7. The van der Waals surface area contributed by atoms with E-state index in [1.165, 1.54) is 6.20 Å². The molecule has 1 fully saturated rings. The zero-order chi connectivity index (χ0) is 26.7. The van der Waals surface area contributed by atoms with Crippen molar-refractivity contribution in [2.24, 2.45) is 11.8 Å². The molecule has 1 aromatic carbocycles. The van der Waals surface area contributed by atoms with E-state index in [0.717, 1.165) is 47.5 Å². The molecule has 0 radical (unpaired) electrons. The number of carboxylic acids is 1. The summed E-state index contributed by atoms with van der Waals surface area (Å²) < 4.78 is 1.69. The summed E-state index contributed by atoms with van der Waals surface area (Å²) in [4.78, 5) is 40.8. The number of aromatic carboxylic acids is 1. The summed E-state index contributed by atoms with van der Waals surface area (Å²) in [6, 6.07) is 8.90. The number of aryl methyl sites for hydroxylation is 1. The molecule has 2 N–H and O–H groups in total. The molecule has 2 amide bonds. The van der Waals surface area contributed by atoms with Crippen molar-refractivity contribution < 1.29 is 19.5 Å². The molecule has 1 saturated carbocycles. The van der Waals surface area contributed by atoms with Gasteiger partial charge in [0.05, 0.1) is 17.4 Å². The van der Waals surface area contributed by atoms with Gasteiger partial charge in [-0.3, -0.25) is 14.3 Å². The first kappa shape index (κ1) is 26.6. The topological polar surface area (TPSA) is 105 Å². The Morgan fingerprint density at radius 1 is 1.16 bits per heavy atom. The third-order valence-corrected chi connectivity index (χ3v) is 8.09. The van der Waals surface area contributed by atoms with Gasteiger partial charge in [-0.1, -0.05) is 19.1 Å². The van der Waals surface area contributed by atoms with E-state index in [0.29, 0.717) is 29.4 Å². The normalized spacial score (nSPS) is 17.5. The Hall–Kier alpha value is -3.46. The van der Waals surface area contributed by atoms with Gasteiger partial charge in [-0.25, -0.2) is 4.79 Å². The van der Waals surface area contributed by atoms with Gasteiger partial charge in [0, 0.05) is 35.3 Å². The van der Waals surface area contributed by atoms with E-state index >= 15 is 0 Å². The van der Waals surface area contributed by atoms with Crippen molar-refractivity contribution >= 4 is 40.5 Å². The average molecular weight is 523 g/mol. The van der Waals surface area contributed by atoms with Crippen LogP contribution in [-0.2, 0) is 11.3 Å². The molecule has 2 aromatic heterocycles. The van der Waals surface area contributed by atoms with Crippen molar-refractivity contribution in [1.29, 1.82) is 0 Å². The van der Waals surface area contributed by atoms with Crippen molar-refractivity contribution in [1.82, 2.24) is 9.78 Å². The number of rotatable bonds is 8. The predicted octanol–water partition coefficient (Wildman–Crippen LogP) is 6.15. The summed E-state index contributed by atoms with van der Waals surface area (Å²) in [5.41, 5.74) is 2.37. The smallest absolute Gasteiger partial charge is 0.348 e. The molecule has 196 valence electrons.